The summed E-state index contributed by atoms with van der Waals surface area (Å²) in [4.78, 5) is 0. The Morgan fingerprint density at radius 2 is 1.87 bits per heavy atom. The molecule has 15 heavy (non-hydrogen) atoms. The summed E-state index contributed by atoms with van der Waals surface area (Å²) in [6.07, 6.45) is 0. The normalized spacial score (nSPS) is 11.5. The molecule has 4 nitrogen and oxygen atoms in total. The van der Waals surface area contributed by atoms with Crippen molar-refractivity contribution < 1.29 is 8.42 Å². The van der Waals surface area contributed by atoms with Gasteiger partial charge in [-0.2, -0.15) is 5.10 Å². The number of aromatic nitrogens is 2. The van der Waals surface area contributed by atoms with Crippen LogP contribution in [0, 0.1) is 0 Å². The summed E-state index contributed by atoms with van der Waals surface area (Å²) < 4.78 is 21.9. The molecule has 6 heteroatoms. The average Bonchev–Trinajstić information content (AvgIpc) is 2.67. The van der Waals surface area contributed by atoms with E-state index < -0.39 is 9.05 Å². The first-order chi connectivity index (χ1) is 7.07. The van der Waals surface area contributed by atoms with Gasteiger partial charge in [0.05, 0.1) is 5.69 Å². The highest BCUT2D eigenvalue weighted by molar-refractivity contribution is 8.13. The zero-order valence-corrected chi connectivity index (χ0v) is 9.09. The summed E-state index contributed by atoms with van der Waals surface area (Å²) >= 11 is 0. The number of nitrogens with one attached hydrogen (secondary N) is 1. The third-order valence-corrected chi connectivity index (χ3v) is 3.12. The van der Waals surface area contributed by atoms with Crippen molar-refractivity contribution >= 4 is 19.7 Å². The standard InChI is InChI=1S/C9H7ClN2O2S/c10-15(13,14)9-6-8(11-12-9)7-4-2-1-3-5-7/h1-6H,(H,11,12). The quantitative estimate of drug-likeness (QED) is 0.820. The molecule has 0 aliphatic carbocycles. The van der Waals surface area contributed by atoms with Gasteiger partial charge in [0.25, 0.3) is 9.05 Å². The van der Waals surface area contributed by atoms with Crippen molar-refractivity contribution in [2.24, 2.45) is 0 Å². The van der Waals surface area contributed by atoms with Crippen LogP contribution in [0.25, 0.3) is 11.3 Å². The third-order valence-electron chi connectivity index (χ3n) is 1.89. The highest BCUT2D eigenvalue weighted by Gasteiger charge is 2.14. The molecule has 0 amide bonds. The van der Waals surface area contributed by atoms with Crippen molar-refractivity contribution in [3.05, 3.63) is 36.4 Å². The first-order valence-electron chi connectivity index (χ1n) is 4.13. The molecule has 0 aliphatic rings. The minimum atomic E-state index is -3.74. The fraction of sp³-hybridized carbons (Fsp3) is 0. The lowest BCUT2D eigenvalue weighted by atomic mass is 10.2. The van der Waals surface area contributed by atoms with Crippen molar-refractivity contribution in [3.8, 4) is 11.3 Å². The molecule has 0 fully saturated rings. The Balaban J connectivity index is 2.46. The fourth-order valence-corrected chi connectivity index (χ4v) is 1.83. The van der Waals surface area contributed by atoms with E-state index in [0.717, 1.165) is 5.56 Å². The van der Waals surface area contributed by atoms with E-state index in [1.54, 1.807) is 0 Å². The molecule has 1 heterocycles. The predicted octanol–water partition coefficient (Wildman–Crippen LogP) is 2.00. The SMILES string of the molecule is O=S(=O)(Cl)c1cc(-c2ccccc2)n[nH]1. The molecular weight excluding hydrogens is 236 g/mol. The van der Waals surface area contributed by atoms with Gasteiger partial charge in [-0.05, 0) is 0 Å². The number of H-pyrrole nitrogens is 1. The molecule has 0 bridgehead atoms. The van der Waals surface area contributed by atoms with E-state index in [-0.39, 0.29) is 5.03 Å². The number of rotatable bonds is 2. The van der Waals surface area contributed by atoms with E-state index in [0.29, 0.717) is 5.69 Å². The third kappa shape index (κ3) is 2.19. The van der Waals surface area contributed by atoms with Crippen molar-refractivity contribution in [3.63, 3.8) is 0 Å². The Morgan fingerprint density at radius 1 is 1.20 bits per heavy atom. The summed E-state index contributed by atoms with van der Waals surface area (Å²) in [5.41, 5.74) is 1.38. The summed E-state index contributed by atoms with van der Waals surface area (Å²) in [6.45, 7) is 0. The van der Waals surface area contributed by atoms with Crippen LogP contribution in [-0.4, -0.2) is 18.6 Å². The Bertz CT molecular complexity index is 563. The molecular formula is C9H7ClN2O2S. The number of benzene rings is 1. The summed E-state index contributed by atoms with van der Waals surface area (Å²) in [7, 11) is 1.42. The fourth-order valence-electron chi connectivity index (χ4n) is 1.19. The highest BCUT2D eigenvalue weighted by atomic mass is 35.7. The average molecular weight is 243 g/mol. The van der Waals surface area contributed by atoms with Gasteiger partial charge < -0.3 is 0 Å². The Morgan fingerprint density at radius 3 is 2.40 bits per heavy atom. The van der Waals surface area contributed by atoms with E-state index in [1.165, 1.54) is 6.07 Å². The van der Waals surface area contributed by atoms with Gasteiger partial charge >= 0.3 is 0 Å². The van der Waals surface area contributed by atoms with Crippen molar-refractivity contribution in [1.29, 1.82) is 0 Å². The van der Waals surface area contributed by atoms with Gasteiger partial charge in [-0.1, -0.05) is 30.3 Å². The monoisotopic (exact) mass is 242 g/mol. The van der Waals surface area contributed by atoms with E-state index in [1.807, 2.05) is 30.3 Å². The van der Waals surface area contributed by atoms with Crippen LogP contribution >= 0.6 is 10.7 Å². The van der Waals surface area contributed by atoms with Crippen LogP contribution in [-0.2, 0) is 9.05 Å². The van der Waals surface area contributed by atoms with Crippen LogP contribution in [0.5, 0.6) is 0 Å². The molecule has 0 aliphatic heterocycles. The maximum atomic E-state index is 11.0. The van der Waals surface area contributed by atoms with Crippen LogP contribution in [0.2, 0.25) is 0 Å². The zero-order chi connectivity index (χ0) is 10.9. The van der Waals surface area contributed by atoms with Gasteiger partial charge in [0.1, 0.15) is 0 Å². The number of aromatic amines is 1. The summed E-state index contributed by atoms with van der Waals surface area (Å²) in [6, 6.07) is 10.6. The second-order valence-electron chi connectivity index (χ2n) is 2.92. The predicted molar refractivity (Wildman–Crippen MR) is 57.1 cm³/mol. The Kier molecular flexibility index (Phi) is 2.50. The van der Waals surface area contributed by atoms with Crippen LogP contribution in [0.15, 0.2) is 41.4 Å². The first kappa shape index (κ1) is 10.2. The summed E-state index contributed by atoms with van der Waals surface area (Å²) in [5, 5.41) is 6.14. The van der Waals surface area contributed by atoms with Gasteiger partial charge in [0.15, 0.2) is 5.03 Å². The molecule has 0 radical (unpaired) electrons. The molecule has 2 rings (SSSR count). The van der Waals surface area contributed by atoms with E-state index >= 15 is 0 Å². The highest BCUT2D eigenvalue weighted by Crippen LogP contribution is 2.20. The maximum absolute atomic E-state index is 11.0. The molecule has 1 N–H and O–H groups in total. The lowest BCUT2D eigenvalue weighted by Crippen LogP contribution is -1.89. The van der Waals surface area contributed by atoms with Gasteiger partial charge in [-0.3, -0.25) is 5.10 Å². The van der Waals surface area contributed by atoms with Crippen LogP contribution in [0.4, 0.5) is 0 Å². The van der Waals surface area contributed by atoms with Crippen LogP contribution < -0.4 is 0 Å². The van der Waals surface area contributed by atoms with Crippen molar-refractivity contribution in [1.82, 2.24) is 10.2 Å². The molecule has 0 atom stereocenters. The van der Waals surface area contributed by atoms with Gasteiger partial charge in [0.2, 0.25) is 0 Å². The molecule has 0 unspecified atom stereocenters. The maximum Gasteiger partial charge on any atom is 0.278 e. The molecule has 0 spiro atoms. The molecule has 1 aromatic heterocycles. The van der Waals surface area contributed by atoms with Crippen molar-refractivity contribution in [2.45, 2.75) is 5.03 Å². The zero-order valence-electron chi connectivity index (χ0n) is 7.51. The van der Waals surface area contributed by atoms with Gasteiger partial charge in [-0.25, -0.2) is 8.42 Å². The summed E-state index contributed by atoms with van der Waals surface area (Å²) in [5.74, 6) is 0. The van der Waals surface area contributed by atoms with Crippen LogP contribution in [0.1, 0.15) is 0 Å². The van der Waals surface area contributed by atoms with Crippen molar-refractivity contribution in [2.75, 3.05) is 0 Å². The minimum absolute atomic E-state index is 0.0944. The van der Waals surface area contributed by atoms with E-state index in [4.69, 9.17) is 10.7 Å². The number of nitrogens with zero attached hydrogens (tertiary/aromatic N) is 1. The lowest BCUT2D eigenvalue weighted by molar-refractivity contribution is 0.605. The minimum Gasteiger partial charge on any atom is -0.266 e. The van der Waals surface area contributed by atoms with Gasteiger partial charge in [0, 0.05) is 22.3 Å². The molecule has 0 saturated heterocycles. The largest absolute Gasteiger partial charge is 0.278 e. The topological polar surface area (TPSA) is 62.8 Å². The number of hydrogen-bond donors (Lipinski definition) is 1. The van der Waals surface area contributed by atoms with E-state index in [9.17, 15) is 8.42 Å². The number of halogens is 1. The molecule has 0 saturated carbocycles. The molecule has 2 aromatic rings. The second kappa shape index (κ2) is 3.67. The number of hydrogen-bond acceptors (Lipinski definition) is 3. The Hall–Kier alpha value is -1.33. The van der Waals surface area contributed by atoms with E-state index in [2.05, 4.69) is 10.2 Å². The first-order valence-corrected chi connectivity index (χ1v) is 6.44. The second-order valence-corrected chi connectivity index (χ2v) is 5.46. The Labute approximate surface area is 91.3 Å². The van der Waals surface area contributed by atoms with Gasteiger partial charge in [-0.15, -0.1) is 0 Å². The molecule has 78 valence electrons. The lowest BCUT2D eigenvalue weighted by Gasteiger charge is -1.92. The van der Waals surface area contributed by atoms with Crippen LogP contribution in [0.3, 0.4) is 0 Å². The molecule has 1 aromatic carbocycles. The smallest absolute Gasteiger partial charge is 0.266 e.